The largest absolute Gasteiger partial charge is 0.411 e. The van der Waals surface area contributed by atoms with Crippen molar-refractivity contribution in [3.63, 3.8) is 0 Å². The maximum Gasteiger partial charge on any atom is 0.277 e. The Morgan fingerprint density at radius 2 is 1.96 bits per heavy atom. The second-order valence-corrected chi connectivity index (χ2v) is 7.33. The molecule has 1 amide bonds. The van der Waals surface area contributed by atoms with Gasteiger partial charge in [0.1, 0.15) is 0 Å². The summed E-state index contributed by atoms with van der Waals surface area (Å²) in [6, 6.07) is 8.51. The van der Waals surface area contributed by atoms with Crippen LogP contribution in [0.3, 0.4) is 0 Å². The van der Waals surface area contributed by atoms with E-state index in [0.717, 1.165) is 24.0 Å². The summed E-state index contributed by atoms with van der Waals surface area (Å²) in [5.74, 6) is 0.988. The molecule has 0 spiro atoms. The van der Waals surface area contributed by atoms with Gasteiger partial charge in [-0.3, -0.25) is 4.79 Å². The van der Waals surface area contributed by atoms with Crippen molar-refractivity contribution in [2.45, 2.75) is 57.3 Å². The minimum atomic E-state index is 0.148. The first-order chi connectivity index (χ1) is 11.6. The van der Waals surface area contributed by atoms with Crippen molar-refractivity contribution in [3.8, 4) is 11.5 Å². The Hall–Kier alpha value is -1.82. The Labute approximate surface area is 146 Å². The zero-order valence-corrected chi connectivity index (χ0v) is 15.2. The van der Waals surface area contributed by atoms with Gasteiger partial charge in [0.25, 0.3) is 5.22 Å². The average molecular weight is 345 g/mol. The van der Waals surface area contributed by atoms with E-state index in [1.807, 2.05) is 36.1 Å². The van der Waals surface area contributed by atoms with Crippen LogP contribution in [0.4, 0.5) is 0 Å². The van der Waals surface area contributed by atoms with Gasteiger partial charge in [-0.2, -0.15) is 0 Å². The van der Waals surface area contributed by atoms with Crippen molar-refractivity contribution >= 4 is 17.7 Å². The highest BCUT2D eigenvalue weighted by Crippen LogP contribution is 2.27. The molecule has 2 heterocycles. The number of aryl methyl sites for hydroxylation is 1. The molecule has 6 heteroatoms. The van der Waals surface area contributed by atoms with Crippen LogP contribution in [0.5, 0.6) is 0 Å². The number of hydrogen-bond acceptors (Lipinski definition) is 5. The molecule has 24 heavy (non-hydrogen) atoms. The third kappa shape index (κ3) is 3.64. The molecule has 0 unspecified atom stereocenters. The monoisotopic (exact) mass is 345 g/mol. The van der Waals surface area contributed by atoms with Crippen LogP contribution in [-0.2, 0) is 4.79 Å². The molecule has 5 nitrogen and oxygen atoms in total. The predicted octanol–water partition coefficient (Wildman–Crippen LogP) is 3.93. The lowest BCUT2D eigenvalue weighted by atomic mass is 9.98. The number of carbonyl (C=O) groups excluding carboxylic acids is 1. The molecule has 1 aromatic carbocycles. The van der Waals surface area contributed by atoms with Crippen LogP contribution in [0.15, 0.2) is 33.9 Å². The highest BCUT2D eigenvalue weighted by Gasteiger charge is 2.29. The fourth-order valence-corrected chi connectivity index (χ4v) is 3.93. The second kappa shape index (κ2) is 7.38. The number of amides is 1. The molecule has 2 aromatic rings. The number of thioether (sulfide) groups is 1. The number of nitrogens with zero attached hydrogens (tertiary/aromatic N) is 3. The van der Waals surface area contributed by atoms with Gasteiger partial charge in [-0.15, -0.1) is 10.2 Å². The first-order valence-corrected chi connectivity index (χ1v) is 9.38. The molecule has 0 bridgehead atoms. The smallest absolute Gasteiger partial charge is 0.277 e. The van der Waals surface area contributed by atoms with Gasteiger partial charge in [-0.05, 0) is 51.7 Å². The van der Waals surface area contributed by atoms with E-state index in [2.05, 4.69) is 24.0 Å². The van der Waals surface area contributed by atoms with Crippen molar-refractivity contribution < 1.29 is 9.21 Å². The summed E-state index contributed by atoms with van der Waals surface area (Å²) in [6.45, 7) is 6.26. The first-order valence-electron chi connectivity index (χ1n) is 8.39. The summed E-state index contributed by atoms with van der Waals surface area (Å²) in [5.41, 5.74) is 2.02. The minimum absolute atomic E-state index is 0.148. The van der Waals surface area contributed by atoms with Crippen molar-refractivity contribution in [2.75, 3.05) is 5.75 Å². The molecule has 0 N–H and O–H groups in total. The molecule has 1 aliphatic heterocycles. The van der Waals surface area contributed by atoms with Crippen molar-refractivity contribution in [1.82, 2.24) is 15.1 Å². The molecular weight excluding hydrogens is 322 g/mol. The molecule has 2 atom stereocenters. The highest BCUT2D eigenvalue weighted by atomic mass is 32.2. The fraction of sp³-hybridized carbons (Fsp3) is 0.500. The van der Waals surface area contributed by atoms with Gasteiger partial charge in [0.15, 0.2) is 0 Å². The number of aromatic nitrogens is 2. The molecule has 0 saturated carbocycles. The summed E-state index contributed by atoms with van der Waals surface area (Å²) in [7, 11) is 0. The van der Waals surface area contributed by atoms with E-state index in [-0.39, 0.29) is 5.91 Å². The van der Waals surface area contributed by atoms with E-state index in [9.17, 15) is 4.79 Å². The van der Waals surface area contributed by atoms with E-state index >= 15 is 0 Å². The van der Waals surface area contributed by atoms with Crippen molar-refractivity contribution in [2.24, 2.45) is 0 Å². The maximum absolute atomic E-state index is 12.5. The maximum atomic E-state index is 12.5. The predicted molar refractivity (Wildman–Crippen MR) is 94.8 cm³/mol. The summed E-state index contributed by atoms with van der Waals surface area (Å²) >= 11 is 1.32. The van der Waals surface area contributed by atoms with Crippen LogP contribution >= 0.6 is 11.8 Å². The Balaban J connectivity index is 1.63. The normalized spacial score (nSPS) is 21.0. The number of benzene rings is 1. The van der Waals surface area contributed by atoms with Crippen LogP contribution in [0, 0.1) is 6.92 Å². The highest BCUT2D eigenvalue weighted by molar-refractivity contribution is 7.99. The Morgan fingerprint density at radius 1 is 1.25 bits per heavy atom. The molecule has 3 rings (SSSR count). The lowest BCUT2D eigenvalue weighted by molar-refractivity contribution is -0.134. The van der Waals surface area contributed by atoms with E-state index in [0.29, 0.717) is 29.0 Å². The summed E-state index contributed by atoms with van der Waals surface area (Å²) in [4.78, 5) is 14.5. The van der Waals surface area contributed by atoms with Gasteiger partial charge in [0.05, 0.1) is 5.75 Å². The fourth-order valence-electron chi connectivity index (χ4n) is 3.30. The van der Waals surface area contributed by atoms with E-state index in [1.165, 1.54) is 18.2 Å². The van der Waals surface area contributed by atoms with Crippen molar-refractivity contribution in [1.29, 1.82) is 0 Å². The molecule has 1 saturated heterocycles. The minimum Gasteiger partial charge on any atom is -0.411 e. The number of hydrogen-bond donors (Lipinski definition) is 0. The molecule has 1 aromatic heterocycles. The van der Waals surface area contributed by atoms with Crippen LogP contribution in [0.25, 0.3) is 11.5 Å². The molecule has 128 valence electrons. The molecule has 0 aliphatic carbocycles. The van der Waals surface area contributed by atoms with E-state index in [1.54, 1.807) is 0 Å². The Bertz CT molecular complexity index is 706. The molecule has 0 radical (unpaired) electrons. The number of piperidine rings is 1. The number of rotatable bonds is 4. The molecule has 1 aliphatic rings. The van der Waals surface area contributed by atoms with Gasteiger partial charge < -0.3 is 9.32 Å². The van der Waals surface area contributed by atoms with Gasteiger partial charge in [0, 0.05) is 17.6 Å². The third-order valence-electron chi connectivity index (χ3n) is 4.58. The van der Waals surface area contributed by atoms with Crippen LogP contribution < -0.4 is 0 Å². The van der Waals surface area contributed by atoms with Crippen LogP contribution in [-0.4, -0.2) is 38.8 Å². The van der Waals surface area contributed by atoms with E-state index in [4.69, 9.17) is 4.42 Å². The first kappa shape index (κ1) is 17.0. The standard InChI is InChI=1S/C18H23N3O2S/c1-12-7-4-5-10-15(12)17-19-20-18(23-17)24-11-16(22)21-13(2)8-6-9-14(21)3/h4-5,7,10,13-14H,6,8-9,11H2,1-3H3/t13-,14-/m0/s1. The summed E-state index contributed by atoms with van der Waals surface area (Å²) in [5, 5.41) is 8.61. The molecule has 1 fully saturated rings. The zero-order chi connectivity index (χ0) is 17.1. The number of likely N-dealkylation sites (tertiary alicyclic amines) is 1. The summed E-state index contributed by atoms with van der Waals surface area (Å²) < 4.78 is 5.71. The lowest BCUT2D eigenvalue weighted by Crippen LogP contribution is -2.48. The summed E-state index contributed by atoms with van der Waals surface area (Å²) in [6.07, 6.45) is 3.36. The topological polar surface area (TPSA) is 59.2 Å². The van der Waals surface area contributed by atoms with Gasteiger partial charge >= 0.3 is 0 Å². The van der Waals surface area contributed by atoms with E-state index < -0.39 is 0 Å². The average Bonchev–Trinajstić information content (AvgIpc) is 3.02. The number of carbonyl (C=O) groups is 1. The van der Waals surface area contributed by atoms with Gasteiger partial charge in [0.2, 0.25) is 11.8 Å². The van der Waals surface area contributed by atoms with Gasteiger partial charge in [-0.1, -0.05) is 30.0 Å². The van der Waals surface area contributed by atoms with Crippen molar-refractivity contribution in [3.05, 3.63) is 29.8 Å². The Morgan fingerprint density at radius 3 is 2.67 bits per heavy atom. The lowest BCUT2D eigenvalue weighted by Gasteiger charge is -2.39. The Kier molecular flexibility index (Phi) is 5.23. The zero-order valence-electron chi connectivity index (χ0n) is 14.4. The SMILES string of the molecule is Cc1ccccc1-c1nnc(SCC(=O)N2[C@@H](C)CCC[C@@H]2C)o1. The molecular formula is C18H23N3O2S. The quantitative estimate of drug-likeness (QED) is 0.786. The third-order valence-corrected chi connectivity index (χ3v) is 5.39. The second-order valence-electron chi connectivity index (χ2n) is 6.41. The van der Waals surface area contributed by atoms with Gasteiger partial charge in [-0.25, -0.2) is 0 Å². The van der Waals surface area contributed by atoms with Crippen LogP contribution in [0.1, 0.15) is 38.7 Å². The van der Waals surface area contributed by atoms with Crippen LogP contribution in [0.2, 0.25) is 0 Å².